The second kappa shape index (κ2) is 4.26. The third kappa shape index (κ3) is 11.1. The molecule has 8 heteroatoms. The average molecular weight is 155 g/mol. The second-order valence-electron chi connectivity index (χ2n) is 0.796. The average Bonchev–Trinajstić information content (AvgIpc) is 1.59. The summed E-state index contributed by atoms with van der Waals surface area (Å²) in [7, 11) is -4.52. The molecule has 0 saturated carbocycles. The molecule has 0 amide bonds. The highest BCUT2D eigenvalue weighted by Gasteiger charge is 2.12. The van der Waals surface area contributed by atoms with Crippen LogP contribution in [0.2, 0.25) is 0 Å². The number of hydroxylamine groups is 1. The van der Waals surface area contributed by atoms with Gasteiger partial charge in [-0.2, -0.15) is 15.4 Å². The van der Waals surface area contributed by atoms with E-state index >= 15 is 0 Å². The van der Waals surface area contributed by atoms with Crippen molar-refractivity contribution in [2.24, 2.45) is 0 Å². The monoisotopic (exact) mass is 155 g/mol. The van der Waals surface area contributed by atoms with Gasteiger partial charge in [0.2, 0.25) is 6.19 Å². The van der Waals surface area contributed by atoms with Gasteiger partial charge in [0.25, 0.3) is 0 Å². The van der Waals surface area contributed by atoms with E-state index in [0.717, 1.165) is 6.19 Å². The van der Waals surface area contributed by atoms with Crippen LogP contribution in [0.4, 0.5) is 0 Å². The molecule has 0 atom stereocenters. The molecular weight excluding hydrogens is 149 g/mol. The van der Waals surface area contributed by atoms with E-state index in [4.69, 9.17) is 15.0 Å². The Balaban J connectivity index is 0. The summed E-state index contributed by atoms with van der Waals surface area (Å²) in [6, 6.07) is 0. The lowest BCUT2D eigenvalue weighted by Gasteiger charge is -1.97. The van der Waals surface area contributed by atoms with E-state index in [-0.39, 0.29) is 6.15 Å². The molecule has 0 fully saturated rings. The van der Waals surface area contributed by atoms with Gasteiger partial charge in [-0.05, 0) is 0 Å². The number of phosphoric acid groups is 1. The summed E-state index contributed by atoms with van der Waals surface area (Å²) in [5.74, 6) is 0. The van der Waals surface area contributed by atoms with Crippen molar-refractivity contribution < 1.29 is 19.0 Å². The highest BCUT2D eigenvalue weighted by molar-refractivity contribution is 7.46. The smallest absolute Gasteiger partial charge is 0.344 e. The molecule has 0 aromatic carbocycles. The largest absolute Gasteiger partial charge is 0.491 e. The van der Waals surface area contributed by atoms with Gasteiger partial charge < -0.3 is 15.9 Å². The number of nitrogens with zero attached hydrogens (tertiary/aromatic N) is 1. The van der Waals surface area contributed by atoms with Crippen molar-refractivity contribution in [1.29, 1.82) is 5.26 Å². The van der Waals surface area contributed by atoms with Gasteiger partial charge in [-0.25, -0.2) is 4.57 Å². The third-order valence-electron chi connectivity index (χ3n) is 0.210. The van der Waals surface area contributed by atoms with Crippen LogP contribution in [-0.2, 0) is 9.19 Å². The zero-order chi connectivity index (χ0) is 6.62. The van der Waals surface area contributed by atoms with Crippen molar-refractivity contribution in [2.75, 3.05) is 0 Å². The number of hydrogen-bond acceptors (Lipinski definition) is 5. The normalized spacial score (nSPS) is 9.00. The molecule has 0 aromatic heterocycles. The molecule has 0 rings (SSSR count). The van der Waals surface area contributed by atoms with Crippen LogP contribution < -0.4 is 11.6 Å². The van der Waals surface area contributed by atoms with Gasteiger partial charge in [-0.1, -0.05) is 0 Å². The number of rotatable bonds is 2. The summed E-state index contributed by atoms with van der Waals surface area (Å²) >= 11 is 0. The van der Waals surface area contributed by atoms with Gasteiger partial charge >= 0.3 is 7.82 Å². The molecule has 0 aliphatic rings. The van der Waals surface area contributed by atoms with Crippen LogP contribution in [0, 0.1) is 11.5 Å². The van der Waals surface area contributed by atoms with Gasteiger partial charge in [0, 0.05) is 0 Å². The molecule has 0 spiro atoms. The van der Waals surface area contributed by atoms with E-state index < -0.39 is 7.82 Å². The minimum atomic E-state index is -4.52. The molecule has 0 aromatic rings. The zero-order valence-electron chi connectivity index (χ0n) is 4.31. The second-order valence-corrected chi connectivity index (χ2v) is 1.96. The highest BCUT2D eigenvalue weighted by atomic mass is 31.2. The van der Waals surface area contributed by atoms with Crippen molar-refractivity contribution in [1.82, 2.24) is 11.6 Å². The Hall–Kier alpha value is -0.640. The lowest BCUT2D eigenvalue weighted by atomic mass is 11.5. The first kappa shape index (κ1) is 11.2. The van der Waals surface area contributed by atoms with Crippen LogP contribution in [0.15, 0.2) is 0 Å². The molecular formula is CH6N3O4P. The minimum Gasteiger partial charge on any atom is -0.344 e. The first-order chi connectivity index (χ1) is 3.56. The van der Waals surface area contributed by atoms with Crippen molar-refractivity contribution in [3.05, 3.63) is 0 Å². The molecule has 0 aliphatic carbocycles. The first-order valence-corrected chi connectivity index (χ1v) is 2.97. The van der Waals surface area contributed by atoms with Gasteiger partial charge in [0.05, 0.1) is 0 Å². The van der Waals surface area contributed by atoms with E-state index in [1.165, 1.54) is 5.48 Å². The SMILES string of the molecule is N.N#CNOP(=O)(O)O. The molecule has 54 valence electrons. The summed E-state index contributed by atoms with van der Waals surface area (Å²) in [6.07, 6.45) is 1.16. The topological polar surface area (TPSA) is 138 Å². The van der Waals surface area contributed by atoms with E-state index in [2.05, 4.69) is 4.62 Å². The van der Waals surface area contributed by atoms with Crippen LogP contribution in [-0.4, -0.2) is 9.79 Å². The third-order valence-corrected chi connectivity index (χ3v) is 0.539. The van der Waals surface area contributed by atoms with E-state index in [1.807, 2.05) is 0 Å². The highest BCUT2D eigenvalue weighted by Crippen LogP contribution is 2.33. The number of hydrogen-bond donors (Lipinski definition) is 4. The Labute approximate surface area is 51.0 Å². The number of nitrogens with one attached hydrogen (secondary N) is 1. The molecule has 0 heterocycles. The number of nitriles is 1. The van der Waals surface area contributed by atoms with Crippen molar-refractivity contribution >= 4 is 7.82 Å². The summed E-state index contributed by atoms with van der Waals surface area (Å²) in [4.78, 5) is 15.6. The van der Waals surface area contributed by atoms with E-state index in [1.54, 1.807) is 0 Å². The Morgan fingerprint density at radius 2 is 2.11 bits per heavy atom. The molecule has 0 radical (unpaired) electrons. The van der Waals surface area contributed by atoms with Gasteiger partial charge in [-0.15, -0.1) is 0 Å². The molecule has 6 N–H and O–H groups in total. The summed E-state index contributed by atoms with van der Waals surface area (Å²) in [5.41, 5.74) is 1.33. The van der Waals surface area contributed by atoms with Gasteiger partial charge in [0.15, 0.2) is 0 Å². The summed E-state index contributed by atoms with van der Waals surface area (Å²) in [6.45, 7) is 0. The van der Waals surface area contributed by atoms with Crippen LogP contribution >= 0.6 is 7.82 Å². The molecule has 7 nitrogen and oxygen atoms in total. The maximum atomic E-state index is 9.65. The van der Waals surface area contributed by atoms with Crippen LogP contribution in [0.1, 0.15) is 0 Å². The van der Waals surface area contributed by atoms with E-state index in [9.17, 15) is 4.57 Å². The lowest BCUT2D eigenvalue weighted by Crippen LogP contribution is -2.03. The minimum absolute atomic E-state index is 0. The standard InChI is InChI=1S/CH3N2O4P.H3N/c2-1-3-7-8(4,5)6;/h3H,(H2,4,5,6);1H3. The van der Waals surface area contributed by atoms with Crippen molar-refractivity contribution in [2.45, 2.75) is 0 Å². The Morgan fingerprint density at radius 1 is 1.67 bits per heavy atom. The summed E-state index contributed by atoms with van der Waals surface area (Å²) < 4.78 is 13.1. The Kier molecular flexibility index (Phi) is 5.30. The lowest BCUT2D eigenvalue weighted by molar-refractivity contribution is 0.157. The fourth-order valence-electron chi connectivity index (χ4n) is 0.0799. The molecule has 0 bridgehead atoms. The predicted octanol–water partition coefficient (Wildman–Crippen LogP) is -0.757. The Bertz CT molecular complexity index is 144. The molecule has 9 heavy (non-hydrogen) atoms. The van der Waals surface area contributed by atoms with Crippen LogP contribution in [0.25, 0.3) is 0 Å². The quantitative estimate of drug-likeness (QED) is 0.178. The van der Waals surface area contributed by atoms with Crippen molar-refractivity contribution in [3.63, 3.8) is 0 Å². The summed E-state index contributed by atoms with van der Waals surface area (Å²) in [5, 5.41) is 7.60. The first-order valence-electron chi connectivity index (χ1n) is 1.44. The van der Waals surface area contributed by atoms with Crippen LogP contribution in [0.5, 0.6) is 0 Å². The molecule has 0 aliphatic heterocycles. The fourth-order valence-corrected chi connectivity index (χ4v) is 0.240. The molecule has 0 saturated heterocycles. The Morgan fingerprint density at radius 3 is 2.22 bits per heavy atom. The maximum Gasteiger partial charge on any atom is 0.491 e. The fraction of sp³-hybridized carbons (Fsp3) is 0. The van der Waals surface area contributed by atoms with Crippen molar-refractivity contribution in [3.8, 4) is 6.19 Å². The van der Waals surface area contributed by atoms with E-state index in [0.29, 0.717) is 0 Å². The van der Waals surface area contributed by atoms with Crippen LogP contribution in [0.3, 0.4) is 0 Å². The van der Waals surface area contributed by atoms with Gasteiger partial charge in [-0.3, -0.25) is 0 Å². The zero-order valence-corrected chi connectivity index (χ0v) is 5.21. The van der Waals surface area contributed by atoms with Gasteiger partial charge in [0.1, 0.15) is 0 Å². The molecule has 0 unspecified atom stereocenters. The maximum absolute atomic E-state index is 9.65. The predicted molar refractivity (Wildman–Crippen MR) is 26.9 cm³/mol.